The number of esters is 1. The number of imide groups is 1. The molecule has 0 radical (unpaired) electrons. The third kappa shape index (κ3) is 4.47. The molecular weight excluding hydrogens is 336 g/mol. The lowest BCUT2D eigenvalue weighted by atomic mass is 10.1. The quantitative estimate of drug-likeness (QED) is 0.816. The number of nitrogens with one attached hydrogen (secondary N) is 2. The van der Waals surface area contributed by atoms with Gasteiger partial charge >= 0.3 is 12.0 Å². The SMILES string of the molecule is Cc1ccc(NC(=O)NC(=O)COC(=O)c2c(C)nn(C)c2C)cc1C. The highest BCUT2D eigenvalue weighted by atomic mass is 16.5. The summed E-state index contributed by atoms with van der Waals surface area (Å²) >= 11 is 0. The highest BCUT2D eigenvalue weighted by Crippen LogP contribution is 2.14. The monoisotopic (exact) mass is 358 g/mol. The molecule has 0 aliphatic heterocycles. The van der Waals surface area contributed by atoms with Gasteiger partial charge in [0.25, 0.3) is 5.91 Å². The molecule has 0 saturated carbocycles. The van der Waals surface area contributed by atoms with Gasteiger partial charge in [0.05, 0.1) is 5.69 Å². The number of benzene rings is 1. The Kier molecular flexibility index (Phi) is 5.76. The van der Waals surface area contributed by atoms with Crippen LogP contribution in [0.25, 0.3) is 0 Å². The first-order valence-electron chi connectivity index (χ1n) is 8.04. The molecule has 138 valence electrons. The summed E-state index contributed by atoms with van der Waals surface area (Å²) in [5.41, 5.74) is 4.16. The van der Waals surface area contributed by atoms with Crippen LogP contribution in [-0.2, 0) is 16.6 Å². The van der Waals surface area contributed by atoms with E-state index in [0.717, 1.165) is 11.1 Å². The third-order valence-electron chi connectivity index (χ3n) is 4.07. The van der Waals surface area contributed by atoms with Gasteiger partial charge in [0.2, 0.25) is 0 Å². The summed E-state index contributed by atoms with van der Waals surface area (Å²) in [7, 11) is 1.71. The molecule has 0 bridgehead atoms. The standard InChI is InChI=1S/C18H22N4O4/c1-10-6-7-14(8-11(10)2)19-18(25)20-15(23)9-26-17(24)16-12(3)21-22(5)13(16)4/h6-8H,9H2,1-5H3,(H2,19,20,23,25). The second-order valence-corrected chi connectivity index (χ2v) is 6.05. The van der Waals surface area contributed by atoms with Gasteiger partial charge in [-0.1, -0.05) is 6.07 Å². The van der Waals surface area contributed by atoms with Crippen LogP contribution in [0.5, 0.6) is 0 Å². The number of carbonyl (C=O) groups excluding carboxylic acids is 3. The maximum Gasteiger partial charge on any atom is 0.342 e. The van der Waals surface area contributed by atoms with Gasteiger partial charge in [0.15, 0.2) is 6.61 Å². The highest BCUT2D eigenvalue weighted by molar-refractivity contribution is 6.02. The zero-order valence-corrected chi connectivity index (χ0v) is 15.5. The average molecular weight is 358 g/mol. The fourth-order valence-electron chi connectivity index (χ4n) is 2.42. The lowest BCUT2D eigenvalue weighted by Gasteiger charge is -2.09. The summed E-state index contributed by atoms with van der Waals surface area (Å²) in [4.78, 5) is 35.7. The van der Waals surface area contributed by atoms with Crippen molar-refractivity contribution in [3.8, 4) is 0 Å². The van der Waals surface area contributed by atoms with Crippen LogP contribution in [0.1, 0.15) is 32.9 Å². The molecule has 8 heteroatoms. The molecule has 2 aromatic rings. The molecule has 0 aliphatic rings. The molecule has 0 saturated heterocycles. The minimum atomic E-state index is -0.723. The highest BCUT2D eigenvalue weighted by Gasteiger charge is 2.20. The van der Waals surface area contributed by atoms with Gasteiger partial charge in [-0.2, -0.15) is 5.10 Å². The van der Waals surface area contributed by atoms with Crippen LogP contribution in [0.2, 0.25) is 0 Å². The number of anilines is 1. The van der Waals surface area contributed by atoms with E-state index in [0.29, 0.717) is 22.6 Å². The fraction of sp³-hybridized carbons (Fsp3) is 0.333. The summed E-state index contributed by atoms with van der Waals surface area (Å²) in [5, 5.41) is 8.79. The molecule has 0 aliphatic carbocycles. The Hall–Kier alpha value is -3.16. The molecule has 0 atom stereocenters. The first kappa shape index (κ1) is 19.2. The Morgan fingerprint density at radius 1 is 1.12 bits per heavy atom. The number of nitrogens with zero attached hydrogens (tertiary/aromatic N) is 2. The van der Waals surface area contributed by atoms with Gasteiger partial charge in [-0.3, -0.25) is 14.8 Å². The molecular formula is C18H22N4O4. The Balaban J connectivity index is 1.87. The van der Waals surface area contributed by atoms with Crippen LogP contribution in [0.15, 0.2) is 18.2 Å². The molecule has 1 heterocycles. The zero-order valence-electron chi connectivity index (χ0n) is 15.5. The Morgan fingerprint density at radius 2 is 1.81 bits per heavy atom. The maximum absolute atomic E-state index is 12.1. The zero-order chi connectivity index (χ0) is 19.4. The molecule has 3 amide bonds. The van der Waals surface area contributed by atoms with E-state index in [1.807, 2.05) is 19.9 Å². The van der Waals surface area contributed by atoms with Crippen LogP contribution in [0.4, 0.5) is 10.5 Å². The molecule has 26 heavy (non-hydrogen) atoms. The number of amides is 3. The maximum atomic E-state index is 12.1. The number of ether oxygens (including phenoxy) is 1. The van der Waals surface area contributed by atoms with Crippen molar-refractivity contribution in [3.05, 3.63) is 46.3 Å². The smallest absolute Gasteiger partial charge is 0.342 e. The van der Waals surface area contributed by atoms with Crippen LogP contribution in [0, 0.1) is 27.7 Å². The number of aromatic nitrogens is 2. The first-order chi connectivity index (χ1) is 12.2. The summed E-state index contributed by atoms with van der Waals surface area (Å²) in [5.74, 6) is -1.38. The van der Waals surface area contributed by atoms with Crippen molar-refractivity contribution in [2.45, 2.75) is 27.7 Å². The topological polar surface area (TPSA) is 102 Å². The van der Waals surface area contributed by atoms with E-state index < -0.39 is 24.5 Å². The van der Waals surface area contributed by atoms with Gasteiger partial charge in [-0.15, -0.1) is 0 Å². The van der Waals surface area contributed by atoms with Crippen molar-refractivity contribution in [1.29, 1.82) is 0 Å². The van der Waals surface area contributed by atoms with E-state index in [2.05, 4.69) is 15.7 Å². The second kappa shape index (κ2) is 7.81. The van der Waals surface area contributed by atoms with E-state index in [1.54, 1.807) is 37.7 Å². The minimum absolute atomic E-state index is 0.319. The molecule has 2 rings (SSSR count). The van der Waals surface area contributed by atoms with Crippen molar-refractivity contribution in [2.75, 3.05) is 11.9 Å². The Bertz CT molecular complexity index is 870. The average Bonchev–Trinajstić information content (AvgIpc) is 2.81. The van der Waals surface area contributed by atoms with Gasteiger partial charge in [-0.05, 0) is 51.0 Å². The number of hydrogen-bond acceptors (Lipinski definition) is 5. The molecule has 0 spiro atoms. The first-order valence-corrected chi connectivity index (χ1v) is 8.04. The van der Waals surface area contributed by atoms with Crippen molar-refractivity contribution >= 4 is 23.6 Å². The van der Waals surface area contributed by atoms with E-state index in [1.165, 1.54) is 0 Å². The van der Waals surface area contributed by atoms with Gasteiger partial charge < -0.3 is 10.1 Å². The number of carbonyl (C=O) groups is 3. The van der Waals surface area contributed by atoms with Crippen molar-refractivity contribution in [2.24, 2.45) is 7.05 Å². The van der Waals surface area contributed by atoms with Gasteiger partial charge in [0.1, 0.15) is 5.56 Å². The number of hydrogen-bond donors (Lipinski definition) is 2. The van der Waals surface area contributed by atoms with Crippen molar-refractivity contribution < 1.29 is 19.1 Å². The molecule has 1 aromatic carbocycles. The molecule has 0 unspecified atom stereocenters. The lowest BCUT2D eigenvalue weighted by Crippen LogP contribution is -2.37. The number of rotatable bonds is 4. The number of aryl methyl sites for hydroxylation is 4. The van der Waals surface area contributed by atoms with E-state index in [4.69, 9.17) is 4.74 Å². The summed E-state index contributed by atoms with van der Waals surface area (Å²) in [6, 6.07) is 4.71. The Labute approximate surface area is 151 Å². The Morgan fingerprint density at radius 3 is 2.38 bits per heavy atom. The second-order valence-electron chi connectivity index (χ2n) is 6.05. The third-order valence-corrected chi connectivity index (χ3v) is 4.07. The van der Waals surface area contributed by atoms with Gasteiger partial charge in [0, 0.05) is 18.4 Å². The normalized spacial score (nSPS) is 10.3. The molecule has 0 fully saturated rings. The predicted molar refractivity (Wildman–Crippen MR) is 96.0 cm³/mol. The summed E-state index contributed by atoms with van der Waals surface area (Å²) < 4.78 is 6.53. The van der Waals surface area contributed by atoms with Crippen molar-refractivity contribution in [3.63, 3.8) is 0 Å². The van der Waals surface area contributed by atoms with E-state index >= 15 is 0 Å². The van der Waals surface area contributed by atoms with Crippen LogP contribution >= 0.6 is 0 Å². The summed E-state index contributed by atoms with van der Waals surface area (Å²) in [6.07, 6.45) is 0. The fourth-order valence-corrected chi connectivity index (χ4v) is 2.42. The molecule has 2 N–H and O–H groups in total. The lowest BCUT2D eigenvalue weighted by molar-refractivity contribution is -0.123. The van der Waals surface area contributed by atoms with E-state index in [9.17, 15) is 14.4 Å². The molecule has 8 nitrogen and oxygen atoms in total. The largest absolute Gasteiger partial charge is 0.452 e. The van der Waals surface area contributed by atoms with E-state index in [-0.39, 0.29) is 0 Å². The predicted octanol–water partition coefficient (Wildman–Crippen LogP) is 2.16. The minimum Gasteiger partial charge on any atom is -0.452 e. The van der Waals surface area contributed by atoms with Crippen molar-refractivity contribution in [1.82, 2.24) is 15.1 Å². The van der Waals surface area contributed by atoms with Crippen LogP contribution in [-0.4, -0.2) is 34.3 Å². The van der Waals surface area contributed by atoms with Crippen LogP contribution in [0.3, 0.4) is 0 Å². The molecule has 1 aromatic heterocycles. The summed E-state index contributed by atoms with van der Waals surface area (Å²) in [6.45, 7) is 6.73. The van der Waals surface area contributed by atoms with Gasteiger partial charge in [-0.25, -0.2) is 9.59 Å². The van der Waals surface area contributed by atoms with Crippen LogP contribution < -0.4 is 10.6 Å². The number of urea groups is 1.